The zero-order chi connectivity index (χ0) is 17.2. The van der Waals surface area contributed by atoms with Crippen LogP contribution in [-0.4, -0.2) is 49.7 Å². The van der Waals surface area contributed by atoms with Crippen LogP contribution in [0.25, 0.3) is 0 Å². The summed E-state index contributed by atoms with van der Waals surface area (Å²) in [6.45, 7) is 1.63. The molecule has 0 N–H and O–H groups in total. The third kappa shape index (κ3) is 3.90. The number of carbonyl (C=O) groups is 1. The second-order valence-electron chi connectivity index (χ2n) is 6.21. The van der Waals surface area contributed by atoms with Gasteiger partial charge in [-0.1, -0.05) is 28.1 Å². The number of carbonyl (C=O) groups excluding carboxylic acids is 1. The molecule has 24 heavy (non-hydrogen) atoms. The van der Waals surface area contributed by atoms with Crippen molar-refractivity contribution in [2.75, 3.05) is 26.2 Å². The van der Waals surface area contributed by atoms with Gasteiger partial charge >= 0.3 is 0 Å². The molecule has 0 spiro atoms. The van der Waals surface area contributed by atoms with E-state index in [1.807, 2.05) is 0 Å². The predicted molar refractivity (Wildman–Crippen MR) is 96.0 cm³/mol. The van der Waals surface area contributed by atoms with Crippen LogP contribution in [0, 0.1) is 5.92 Å². The Bertz CT molecular complexity index is 723. The molecule has 2 aliphatic rings. The maximum Gasteiger partial charge on any atom is 0.243 e. The van der Waals surface area contributed by atoms with Crippen LogP contribution in [0.15, 0.2) is 45.8 Å². The van der Waals surface area contributed by atoms with Crippen LogP contribution in [0.3, 0.4) is 0 Å². The summed E-state index contributed by atoms with van der Waals surface area (Å²) in [6.07, 6.45) is 6.88. The fourth-order valence-corrected chi connectivity index (χ4v) is 4.84. The second kappa shape index (κ2) is 7.37. The van der Waals surface area contributed by atoms with Crippen LogP contribution < -0.4 is 0 Å². The fourth-order valence-electron chi connectivity index (χ4n) is 3.15. The second-order valence-corrected chi connectivity index (χ2v) is 9.06. The minimum absolute atomic E-state index is 0.132. The van der Waals surface area contributed by atoms with Crippen molar-refractivity contribution in [1.29, 1.82) is 0 Å². The van der Waals surface area contributed by atoms with Gasteiger partial charge in [-0.15, -0.1) is 0 Å². The lowest BCUT2D eigenvalue weighted by molar-refractivity contribution is -0.133. The summed E-state index contributed by atoms with van der Waals surface area (Å²) in [5, 5.41) is 0. The van der Waals surface area contributed by atoms with E-state index in [1.165, 1.54) is 4.31 Å². The van der Waals surface area contributed by atoms with Crippen molar-refractivity contribution in [3.63, 3.8) is 0 Å². The van der Waals surface area contributed by atoms with Gasteiger partial charge in [0.1, 0.15) is 0 Å². The molecule has 0 aromatic heterocycles. The summed E-state index contributed by atoms with van der Waals surface area (Å²) < 4.78 is 27.6. The molecular formula is C17H21BrN2O3S. The molecule has 0 radical (unpaired) electrons. The Labute approximate surface area is 151 Å². The van der Waals surface area contributed by atoms with Gasteiger partial charge in [-0.2, -0.15) is 4.31 Å². The maximum absolute atomic E-state index is 12.7. The molecule has 1 aliphatic heterocycles. The molecule has 0 unspecified atom stereocenters. The van der Waals surface area contributed by atoms with E-state index < -0.39 is 10.0 Å². The smallest absolute Gasteiger partial charge is 0.243 e. The van der Waals surface area contributed by atoms with Crippen molar-refractivity contribution in [2.24, 2.45) is 5.92 Å². The third-order valence-electron chi connectivity index (χ3n) is 4.59. The third-order valence-corrected chi connectivity index (χ3v) is 7.03. The van der Waals surface area contributed by atoms with Gasteiger partial charge < -0.3 is 4.90 Å². The number of rotatable bonds is 4. The van der Waals surface area contributed by atoms with Crippen molar-refractivity contribution < 1.29 is 13.2 Å². The first kappa shape index (κ1) is 17.6. The predicted octanol–water partition coefficient (Wildman–Crippen LogP) is 2.64. The number of amides is 1. The molecule has 1 heterocycles. The van der Waals surface area contributed by atoms with Gasteiger partial charge in [0.05, 0.1) is 4.90 Å². The van der Waals surface area contributed by atoms with Crippen LogP contribution >= 0.6 is 15.9 Å². The Balaban J connectivity index is 1.58. The monoisotopic (exact) mass is 412 g/mol. The van der Waals surface area contributed by atoms with Crippen molar-refractivity contribution in [2.45, 2.75) is 24.2 Å². The van der Waals surface area contributed by atoms with Crippen molar-refractivity contribution in [3.05, 3.63) is 40.9 Å². The number of sulfonamides is 1. The standard InChI is InChI=1S/C17H21BrN2O3S/c18-15-5-7-16(8-6-15)24(22,23)20-11-9-19(10-12-20)17(21)13-14-3-1-2-4-14/h1,3,5-8,14H,2,4,9-13H2/t14-/m0/s1. The van der Waals surface area contributed by atoms with Gasteiger partial charge in [-0.25, -0.2) is 8.42 Å². The van der Waals surface area contributed by atoms with E-state index >= 15 is 0 Å². The Morgan fingerprint density at radius 3 is 2.38 bits per heavy atom. The molecule has 1 aliphatic carbocycles. The molecule has 7 heteroatoms. The molecule has 1 saturated heterocycles. The molecular weight excluding hydrogens is 392 g/mol. The van der Waals surface area contributed by atoms with Crippen molar-refractivity contribution in [1.82, 2.24) is 9.21 Å². The number of hydrogen-bond acceptors (Lipinski definition) is 3. The number of nitrogens with zero attached hydrogens (tertiary/aromatic N) is 2. The lowest BCUT2D eigenvalue weighted by atomic mass is 10.0. The average Bonchev–Trinajstić information content (AvgIpc) is 3.08. The first-order chi connectivity index (χ1) is 11.5. The topological polar surface area (TPSA) is 57.7 Å². The number of piperazine rings is 1. The summed E-state index contributed by atoms with van der Waals surface area (Å²) >= 11 is 3.31. The van der Waals surface area contributed by atoms with Gasteiger partial charge in [0.15, 0.2) is 0 Å². The number of benzene rings is 1. The zero-order valence-electron chi connectivity index (χ0n) is 13.4. The molecule has 3 rings (SSSR count). The highest BCUT2D eigenvalue weighted by molar-refractivity contribution is 9.10. The highest BCUT2D eigenvalue weighted by Crippen LogP contribution is 2.23. The lowest BCUT2D eigenvalue weighted by Crippen LogP contribution is -2.50. The van der Waals surface area contributed by atoms with Crippen LogP contribution in [0.5, 0.6) is 0 Å². The quantitative estimate of drug-likeness (QED) is 0.714. The highest BCUT2D eigenvalue weighted by Gasteiger charge is 2.30. The number of allylic oxidation sites excluding steroid dienone is 2. The molecule has 1 aromatic rings. The van der Waals surface area contributed by atoms with E-state index in [4.69, 9.17) is 0 Å². The van der Waals surface area contributed by atoms with Gasteiger partial charge in [-0.05, 0) is 43.0 Å². The molecule has 1 atom stereocenters. The van der Waals surface area contributed by atoms with Gasteiger partial charge in [0.2, 0.25) is 15.9 Å². The summed E-state index contributed by atoms with van der Waals surface area (Å²) in [5.41, 5.74) is 0. The van der Waals surface area contributed by atoms with E-state index in [9.17, 15) is 13.2 Å². The van der Waals surface area contributed by atoms with E-state index in [0.717, 1.165) is 17.3 Å². The van der Waals surface area contributed by atoms with E-state index in [-0.39, 0.29) is 5.91 Å². The summed E-state index contributed by atoms with van der Waals surface area (Å²) in [7, 11) is -3.49. The zero-order valence-corrected chi connectivity index (χ0v) is 15.8. The normalized spacial score (nSPS) is 22.0. The molecule has 130 valence electrons. The van der Waals surface area contributed by atoms with Gasteiger partial charge in [0, 0.05) is 37.1 Å². The van der Waals surface area contributed by atoms with E-state index in [0.29, 0.717) is 43.4 Å². The van der Waals surface area contributed by atoms with Crippen LogP contribution in [0.1, 0.15) is 19.3 Å². The largest absolute Gasteiger partial charge is 0.340 e. The van der Waals surface area contributed by atoms with E-state index in [2.05, 4.69) is 28.1 Å². The summed E-state index contributed by atoms with van der Waals surface area (Å²) in [4.78, 5) is 14.4. The van der Waals surface area contributed by atoms with Gasteiger partial charge in [0.25, 0.3) is 0 Å². The maximum atomic E-state index is 12.7. The van der Waals surface area contributed by atoms with Crippen LogP contribution in [0.4, 0.5) is 0 Å². The Morgan fingerprint density at radius 1 is 1.12 bits per heavy atom. The van der Waals surface area contributed by atoms with Crippen LogP contribution in [-0.2, 0) is 14.8 Å². The molecule has 5 nitrogen and oxygen atoms in total. The Kier molecular flexibility index (Phi) is 5.42. The molecule has 1 aromatic carbocycles. The summed E-state index contributed by atoms with van der Waals surface area (Å²) in [6, 6.07) is 6.65. The molecule has 1 fully saturated rings. The number of halogens is 1. The fraction of sp³-hybridized carbons (Fsp3) is 0.471. The van der Waals surface area contributed by atoms with E-state index in [1.54, 1.807) is 29.2 Å². The SMILES string of the molecule is O=C(C[C@H]1C=CCC1)N1CCN(S(=O)(=O)c2ccc(Br)cc2)CC1. The molecule has 1 amide bonds. The summed E-state index contributed by atoms with van der Waals surface area (Å²) in [5.74, 6) is 0.481. The highest BCUT2D eigenvalue weighted by atomic mass is 79.9. The first-order valence-electron chi connectivity index (χ1n) is 8.17. The molecule has 0 bridgehead atoms. The van der Waals surface area contributed by atoms with Crippen LogP contribution in [0.2, 0.25) is 0 Å². The minimum atomic E-state index is -3.49. The Morgan fingerprint density at radius 2 is 1.79 bits per heavy atom. The number of hydrogen-bond donors (Lipinski definition) is 0. The first-order valence-corrected chi connectivity index (χ1v) is 10.4. The average molecular weight is 413 g/mol. The minimum Gasteiger partial charge on any atom is -0.340 e. The molecule has 0 saturated carbocycles. The van der Waals surface area contributed by atoms with Crippen molar-refractivity contribution in [3.8, 4) is 0 Å². The Hall–Kier alpha value is -1.18. The van der Waals surface area contributed by atoms with Gasteiger partial charge in [-0.3, -0.25) is 4.79 Å². The lowest BCUT2D eigenvalue weighted by Gasteiger charge is -2.34. The van der Waals surface area contributed by atoms with Crippen molar-refractivity contribution >= 4 is 31.9 Å².